The topological polar surface area (TPSA) is 44.8 Å². The number of ether oxygens (including phenoxy) is 3. The van der Waals surface area contributed by atoms with Crippen LogP contribution >= 0.6 is 0 Å². The molecule has 15 heavy (non-hydrogen) atoms. The minimum Gasteiger partial charge on any atom is -0.468 e. The number of rotatable bonds is 5. The average Bonchev–Trinajstić information content (AvgIpc) is 2.13. The van der Waals surface area contributed by atoms with Gasteiger partial charge in [-0.15, -0.1) is 0 Å². The van der Waals surface area contributed by atoms with Crippen molar-refractivity contribution in [3.05, 3.63) is 0 Å². The molecule has 0 spiro atoms. The lowest BCUT2D eigenvalue weighted by Gasteiger charge is -2.29. The number of hydrogen-bond donors (Lipinski definition) is 0. The fourth-order valence-electron chi connectivity index (χ4n) is 1.10. The molecule has 4 nitrogen and oxygen atoms in total. The number of carbonyl (C=O) groups excluding carboxylic acids is 1. The van der Waals surface area contributed by atoms with Crippen LogP contribution in [0.1, 0.15) is 27.7 Å². The zero-order valence-corrected chi connectivity index (χ0v) is 10.5. The zero-order valence-electron chi connectivity index (χ0n) is 10.5. The van der Waals surface area contributed by atoms with Gasteiger partial charge in [-0.3, -0.25) is 4.79 Å². The van der Waals surface area contributed by atoms with Gasteiger partial charge in [-0.2, -0.15) is 0 Å². The summed E-state index contributed by atoms with van der Waals surface area (Å²) in [4.78, 5) is 11.6. The molecule has 0 fully saturated rings. The average molecular weight is 218 g/mol. The van der Waals surface area contributed by atoms with Gasteiger partial charge in [0.15, 0.2) is 0 Å². The van der Waals surface area contributed by atoms with E-state index >= 15 is 0 Å². The van der Waals surface area contributed by atoms with Gasteiger partial charge in [0.25, 0.3) is 0 Å². The zero-order chi connectivity index (χ0) is 12.1. The Morgan fingerprint density at radius 3 is 1.93 bits per heavy atom. The number of hydrogen-bond acceptors (Lipinski definition) is 4. The maximum atomic E-state index is 11.6. The van der Waals surface area contributed by atoms with Crippen molar-refractivity contribution in [2.75, 3.05) is 27.4 Å². The minimum atomic E-state index is -0.739. The SMILES string of the molecule is COCC(C)(COC(C)(C)C)C(=O)OC. The van der Waals surface area contributed by atoms with E-state index < -0.39 is 5.41 Å². The molecule has 0 aliphatic carbocycles. The highest BCUT2D eigenvalue weighted by Crippen LogP contribution is 2.22. The molecule has 1 atom stereocenters. The van der Waals surface area contributed by atoms with E-state index in [9.17, 15) is 4.79 Å². The van der Waals surface area contributed by atoms with Crippen LogP contribution in [-0.2, 0) is 19.0 Å². The maximum Gasteiger partial charge on any atom is 0.316 e. The standard InChI is InChI=1S/C11H22O4/c1-10(2,3)15-8-11(4,7-13-5)9(12)14-6/h7-8H2,1-6H3. The molecule has 0 heterocycles. The molecule has 90 valence electrons. The van der Waals surface area contributed by atoms with Gasteiger partial charge in [0.2, 0.25) is 0 Å². The predicted octanol–water partition coefficient (Wildman–Crippen LogP) is 1.63. The van der Waals surface area contributed by atoms with Crippen LogP contribution in [0.5, 0.6) is 0 Å². The van der Waals surface area contributed by atoms with Crippen LogP contribution in [-0.4, -0.2) is 39.0 Å². The molecule has 0 aliphatic rings. The van der Waals surface area contributed by atoms with Gasteiger partial charge in [-0.25, -0.2) is 0 Å². The van der Waals surface area contributed by atoms with Crippen molar-refractivity contribution in [1.82, 2.24) is 0 Å². The lowest BCUT2D eigenvalue weighted by molar-refractivity contribution is -0.163. The van der Waals surface area contributed by atoms with E-state index in [2.05, 4.69) is 0 Å². The largest absolute Gasteiger partial charge is 0.468 e. The van der Waals surface area contributed by atoms with Gasteiger partial charge in [0.1, 0.15) is 5.41 Å². The van der Waals surface area contributed by atoms with Gasteiger partial charge in [0.05, 0.1) is 25.9 Å². The molecule has 0 aliphatic heterocycles. The first-order chi connectivity index (χ1) is 6.75. The summed E-state index contributed by atoms with van der Waals surface area (Å²) in [5.74, 6) is -0.311. The third-order valence-corrected chi connectivity index (χ3v) is 1.96. The molecule has 0 aromatic heterocycles. The molecule has 4 heteroatoms. The van der Waals surface area contributed by atoms with Crippen molar-refractivity contribution in [2.24, 2.45) is 5.41 Å². The smallest absolute Gasteiger partial charge is 0.316 e. The highest BCUT2D eigenvalue weighted by molar-refractivity contribution is 5.76. The molecule has 0 saturated heterocycles. The van der Waals surface area contributed by atoms with Crippen LogP contribution in [0.4, 0.5) is 0 Å². The van der Waals surface area contributed by atoms with Gasteiger partial charge in [-0.1, -0.05) is 0 Å². The first-order valence-corrected chi connectivity index (χ1v) is 4.96. The van der Waals surface area contributed by atoms with Crippen LogP contribution < -0.4 is 0 Å². The van der Waals surface area contributed by atoms with Crippen LogP contribution in [0, 0.1) is 5.41 Å². The Morgan fingerprint density at radius 2 is 1.60 bits per heavy atom. The predicted molar refractivity (Wildman–Crippen MR) is 57.7 cm³/mol. The van der Waals surface area contributed by atoms with Crippen molar-refractivity contribution in [1.29, 1.82) is 0 Å². The van der Waals surface area contributed by atoms with E-state index in [4.69, 9.17) is 14.2 Å². The van der Waals surface area contributed by atoms with E-state index in [0.717, 1.165) is 0 Å². The second kappa shape index (κ2) is 5.47. The van der Waals surface area contributed by atoms with E-state index in [-0.39, 0.29) is 24.8 Å². The van der Waals surface area contributed by atoms with Gasteiger partial charge in [-0.05, 0) is 27.7 Å². The summed E-state index contributed by atoms with van der Waals surface area (Å²) in [6.07, 6.45) is 0. The van der Waals surface area contributed by atoms with E-state index in [1.54, 1.807) is 14.0 Å². The summed E-state index contributed by atoms with van der Waals surface area (Å²) < 4.78 is 15.3. The number of esters is 1. The summed E-state index contributed by atoms with van der Waals surface area (Å²) in [6, 6.07) is 0. The fraction of sp³-hybridized carbons (Fsp3) is 0.909. The first kappa shape index (κ1) is 14.4. The Morgan fingerprint density at radius 1 is 1.07 bits per heavy atom. The molecule has 0 aromatic rings. The molecule has 0 saturated carbocycles. The minimum absolute atomic E-state index is 0.275. The Balaban J connectivity index is 4.45. The lowest BCUT2D eigenvalue weighted by Crippen LogP contribution is -2.40. The van der Waals surface area contributed by atoms with Crippen LogP contribution in [0.25, 0.3) is 0 Å². The summed E-state index contributed by atoms with van der Waals surface area (Å²) in [6.45, 7) is 8.17. The molecule has 0 N–H and O–H groups in total. The molecule has 0 aromatic carbocycles. The molecule has 0 radical (unpaired) electrons. The van der Waals surface area contributed by atoms with Gasteiger partial charge < -0.3 is 14.2 Å². The maximum absolute atomic E-state index is 11.6. The Hall–Kier alpha value is -0.610. The van der Waals surface area contributed by atoms with Gasteiger partial charge in [0, 0.05) is 7.11 Å². The summed E-state index contributed by atoms with van der Waals surface area (Å²) >= 11 is 0. The second-order valence-corrected chi connectivity index (χ2v) is 4.89. The normalized spacial score (nSPS) is 15.9. The Kier molecular flexibility index (Phi) is 5.24. The van der Waals surface area contributed by atoms with Crippen LogP contribution in [0.3, 0.4) is 0 Å². The molecule has 1 unspecified atom stereocenters. The van der Waals surface area contributed by atoms with Crippen molar-refractivity contribution in [3.8, 4) is 0 Å². The Labute approximate surface area is 91.9 Å². The Bertz CT molecular complexity index is 207. The van der Waals surface area contributed by atoms with E-state index in [1.807, 2.05) is 20.8 Å². The number of methoxy groups -OCH3 is 2. The fourth-order valence-corrected chi connectivity index (χ4v) is 1.10. The summed E-state index contributed by atoms with van der Waals surface area (Å²) in [5.41, 5.74) is -1.01. The van der Waals surface area contributed by atoms with Crippen LogP contribution in [0.15, 0.2) is 0 Å². The number of carbonyl (C=O) groups is 1. The summed E-state index contributed by atoms with van der Waals surface area (Å²) in [5, 5.41) is 0. The van der Waals surface area contributed by atoms with Crippen molar-refractivity contribution in [2.45, 2.75) is 33.3 Å². The second-order valence-electron chi connectivity index (χ2n) is 4.89. The van der Waals surface area contributed by atoms with E-state index in [1.165, 1.54) is 7.11 Å². The summed E-state index contributed by atoms with van der Waals surface area (Å²) in [7, 11) is 2.92. The van der Waals surface area contributed by atoms with Gasteiger partial charge >= 0.3 is 5.97 Å². The quantitative estimate of drug-likeness (QED) is 0.658. The molecule has 0 rings (SSSR count). The highest BCUT2D eigenvalue weighted by Gasteiger charge is 2.36. The first-order valence-electron chi connectivity index (χ1n) is 4.96. The molecule has 0 amide bonds. The molecule has 0 bridgehead atoms. The molecular formula is C11H22O4. The monoisotopic (exact) mass is 218 g/mol. The van der Waals surface area contributed by atoms with Crippen molar-refractivity contribution in [3.63, 3.8) is 0 Å². The van der Waals surface area contributed by atoms with Crippen LogP contribution in [0.2, 0.25) is 0 Å². The van der Waals surface area contributed by atoms with Crippen molar-refractivity contribution < 1.29 is 19.0 Å². The van der Waals surface area contributed by atoms with E-state index in [0.29, 0.717) is 0 Å². The van der Waals surface area contributed by atoms with Crippen molar-refractivity contribution >= 4 is 5.97 Å². The highest BCUT2D eigenvalue weighted by atomic mass is 16.5. The lowest BCUT2D eigenvalue weighted by atomic mass is 9.93. The third kappa shape index (κ3) is 5.14. The molecular weight excluding hydrogens is 196 g/mol. The third-order valence-electron chi connectivity index (χ3n) is 1.96.